The van der Waals surface area contributed by atoms with Crippen LogP contribution in [0.2, 0.25) is 0 Å². The molecule has 3 atom stereocenters. The fourth-order valence-electron chi connectivity index (χ4n) is 1.82. The molecule has 1 aliphatic rings. The van der Waals surface area contributed by atoms with Crippen molar-refractivity contribution in [1.29, 1.82) is 0 Å². The van der Waals surface area contributed by atoms with Crippen molar-refractivity contribution in [2.45, 2.75) is 39.7 Å². The molecule has 1 fully saturated rings. The fraction of sp³-hybridized carbons (Fsp3) is 0.727. The smallest absolute Gasteiger partial charge is 0.314 e. The molecule has 0 aromatic rings. The first-order chi connectivity index (χ1) is 6.11. The van der Waals surface area contributed by atoms with E-state index in [0.717, 1.165) is 18.4 Å². The molecule has 0 aromatic heterocycles. The van der Waals surface area contributed by atoms with E-state index in [1.54, 1.807) is 0 Å². The number of hydrogen-bond acceptors (Lipinski definition) is 2. The maximum atomic E-state index is 11.5. The number of ether oxygens (including phenoxy) is 1. The van der Waals surface area contributed by atoms with Crippen LogP contribution in [0.4, 0.5) is 0 Å². The molecule has 0 aliphatic carbocycles. The van der Waals surface area contributed by atoms with Gasteiger partial charge in [0, 0.05) is 0 Å². The van der Waals surface area contributed by atoms with E-state index in [0.29, 0.717) is 5.92 Å². The molecule has 2 heteroatoms. The maximum Gasteiger partial charge on any atom is 0.314 e. The molecule has 1 heterocycles. The van der Waals surface area contributed by atoms with Gasteiger partial charge in [0.25, 0.3) is 0 Å². The van der Waals surface area contributed by atoms with Crippen LogP contribution in [-0.2, 0) is 9.53 Å². The molecule has 1 aliphatic heterocycles. The molecule has 0 radical (unpaired) electrons. The molecule has 74 valence electrons. The minimum absolute atomic E-state index is 0.0356. The number of carbonyl (C=O) groups excluding carboxylic acids is 1. The summed E-state index contributed by atoms with van der Waals surface area (Å²) in [6.07, 6.45) is 1.80. The van der Waals surface area contributed by atoms with Gasteiger partial charge in [-0.15, -0.1) is 0 Å². The molecule has 0 aromatic carbocycles. The van der Waals surface area contributed by atoms with Gasteiger partial charge in [-0.1, -0.05) is 33.8 Å². The van der Waals surface area contributed by atoms with Crippen molar-refractivity contribution in [3.8, 4) is 0 Å². The molecule has 13 heavy (non-hydrogen) atoms. The van der Waals surface area contributed by atoms with Crippen LogP contribution in [0.25, 0.3) is 0 Å². The predicted molar refractivity (Wildman–Crippen MR) is 52.3 cm³/mol. The molecular weight excluding hydrogens is 164 g/mol. The highest BCUT2D eigenvalue weighted by Crippen LogP contribution is 2.34. The molecule has 1 saturated heterocycles. The van der Waals surface area contributed by atoms with Crippen LogP contribution in [0.3, 0.4) is 0 Å². The Morgan fingerprint density at radius 3 is 2.54 bits per heavy atom. The Morgan fingerprint density at radius 2 is 2.15 bits per heavy atom. The van der Waals surface area contributed by atoms with Crippen LogP contribution < -0.4 is 0 Å². The van der Waals surface area contributed by atoms with Gasteiger partial charge in [0.15, 0.2) is 0 Å². The van der Waals surface area contributed by atoms with Crippen LogP contribution in [0, 0.1) is 11.8 Å². The Kier molecular flexibility index (Phi) is 3.12. The minimum Gasteiger partial charge on any atom is -0.457 e. The highest BCUT2D eigenvalue weighted by atomic mass is 16.6. The molecule has 0 N–H and O–H groups in total. The zero-order valence-corrected chi connectivity index (χ0v) is 8.67. The fourth-order valence-corrected chi connectivity index (χ4v) is 1.82. The monoisotopic (exact) mass is 182 g/mol. The summed E-state index contributed by atoms with van der Waals surface area (Å²) < 4.78 is 5.22. The first-order valence-corrected chi connectivity index (χ1v) is 5.00. The normalized spacial score (nSPS) is 30.4. The molecule has 0 bridgehead atoms. The standard InChI is InChI=1S/C11H18O2/c1-5-7(3)10-8(4)9(6-2)13-11(10)12/h7,9-10H,4-6H2,1-3H3. The summed E-state index contributed by atoms with van der Waals surface area (Å²) in [5.41, 5.74) is 0.974. The number of carbonyl (C=O) groups is 1. The van der Waals surface area contributed by atoms with Crippen molar-refractivity contribution in [2.24, 2.45) is 11.8 Å². The summed E-state index contributed by atoms with van der Waals surface area (Å²) in [7, 11) is 0. The van der Waals surface area contributed by atoms with Crippen molar-refractivity contribution in [3.05, 3.63) is 12.2 Å². The lowest BCUT2D eigenvalue weighted by molar-refractivity contribution is -0.145. The van der Waals surface area contributed by atoms with Gasteiger partial charge in [0.05, 0.1) is 5.92 Å². The second kappa shape index (κ2) is 3.95. The number of rotatable bonds is 3. The summed E-state index contributed by atoms with van der Waals surface area (Å²) in [6.45, 7) is 10.1. The van der Waals surface area contributed by atoms with E-state index in [1.807, 2.05) is 6.92 Å². The van der Waals surface area contributed by atoms with E-state index in [-0.39, 0.29) is 18.0 Å². The Bertz CT molecular complexity index is 220. The van der Waals surface area contributed by atoms with Crippen molar-refractivity contribution < 1.29 is 9.53 Å². The number of esters is 1. The largest absolute Gasteiger partial charge is 0.457 e. The maximum absolute atomic E-state index is 11.5. The van der Waals surface area contributed by atoms with E-state index >= 15 is 0 Å². The van der Waals surface area contributed by atoms with Crippen LogP contribution >= 0.6 is 0 Å². The van der Waals surface area contributed by atoms with E-state index in [2.05, 4.69) is 20.4 Å². The Labute approximate surface area is 80.0 Å². The summed E-state index contributed by atoms with van der Waals surface area (Å²) >= 11 is 0. The highest BCUT2D eigenvalue weighted by molar-refractivity contribution is 5.79. The lowest BCUT2D eigenvalue weighted by Crippen LogP contribution is -2.17. The van der Waals surface area contributed by atoms with Gasteiger partial charge in [-0.25, -0.2) is 0 Å². The molecule has 0 amide bonds. The van der Waals surface area contributed by atoms with Gasteiger partial charge in [0.2, 0.25) is 0 Å². The Morgan fingerprint density at radius 1 is 1.54 bits per heavy atom. The second-order valence-corrected chi connectivity index (χ2v) is 3.77. The van der Waals surface area contributed by atoms with E-state index in [9.17, 15) is 4.79 Å². The molecular formula is C11H18O2. The summed E-state index contributed by atoms with van der Waals surface area (Å²) in [5, 5.41) is 0. The molecule has 1 rings (SSSR count). The molecule has 0 spiro atoms. The third-order valence-electron chi connectivity index (χ3n) is 2.91. The van der Waals surface area contributed by atoms with Crippen LogP contribution in [-0.4, -0.2) is 12.1 Å². The van der Waals surface area contributed by atoms with Crippen LogP contribution in [0.1, 0.15) is 33.6 Å². The van der Waals surface area contributed by atoms with Crippen LogP contribution in [0.15, 0.2) is 12.2 Å². The minimum atomic E-state index is -0.0776. The average molecular weight is 182 g/mol. The quantitative estimate of drug-likeness (QED) is 0.495. The first kappa shape index (κ1) is 10.3. The lowest BCUT2D eigenvalue weighted by atomic mass is 9.85. The topological polar surface area (TPSA) is 26.3 Å². The summed E-state index contributed by atoms with van der Waals surface area (Å²) in [6, 6.07) is 0. The zero-order valence-electron chi connectivity index (χ0n) is 8.67. The number of cyclic esters (lactones) is 1. The van der Waals surface area contributed by atoms with Crippen molar-refractivity contribution in [3.63, 3.8) is 0 Å². The van der Waals surface area contributed by atoms with Crippen molar-refractivity contribution in [1.82, 2.24) is 0 Å². The summed E-state index contributed by atoms with van der Waals surface area (Å²) in [4.78, 5) is 11.5. The Balaban J connectivity index is 2.75. The van der Waals surface area contributed by atoms with Crippen molar-refractivity contribution >= 4 is 5.97 Å². The Hall–Kier alpha value is -0.790. The zero-order chi connectivity index (χ0) is 10.0. The van der Waals surface area contributed by atoms with Gasteiger partial charge in [-0.3, -0.25) is 4.79 Å². The first-order valence-electron chi connectivity index (χ1n) is 5.00. The highest BCUT2D eigenvalue weighted by Gasteiger charge is 2.39. The van der Waals surface area contributed by atoms with E-state index in [4.69, 9.17) is 4.74 Å². The van der Waals surface area contributed by atoms with Gasteiger partial charge in [0.1, 0.15) is 6.10 Å². The SMILES string of the molecule is C=C1C(CC)OC(=O)C1C(C)CC. The van der Waals surface area contributed by atoms with Gasteiger partial charge in [-0.2, -0.15) is 0 Å². The predicted octanol–water partition coefficient (Wildman–Crippen LogP) is 2.54. The van der Waals surface area contributed by atoms with Gasteiger partial charge in [-0.05, 0) is 17.9 Å². The second-order valence-electron chi connectivity index (χ2n) is 3.77. The van der Waals surface area contributed by atoms with E-state index < -0.39 is 0 Å². The third kappa shape index (κ3) is 1.77. The van der Waals surface area contributed by atoms with Gasteiger partial charge >= 0.3 is 5.97 Å². The molecule has 0 saturated carbocycles. The number of hydrogen-bond donors (Lipinski definition) is 0. The van der Waals surface area contributed by atoms with Crippen LogP contribution in [0.5, 0.6) is 0 Å². The van der Waals surface area contributed by atoms with E-state index in [1.165, 1.54) is 0 Å². The summed E-state index contributed by atoms with van der Waals surface area (Å²) in [5.74, 6) is 0.220. The lowest BCUT2D eigenvalue weighted by Gasteiger charge is -2.14. The van der Waals surface area contributed by atoms with Crippen molar-refractivity contribution in [2.75, 3.05) is 0 Å². The average Bonchev–Trinajstić information content (AvgIpc) is 2.40. The third-order valence-corrected chi connectivity index (χ3v) is 2.91. The molecule has 3 unspecified atom stereocenters. The van der Waals surface area contributed by atoms with Gasteiger partial charge < -0.3 is 4.74 Å². The molecule has 2 nitrogen and oxygen atoms in total.